The molecule has 0 saturated heterocycles. The topological polar surface area (TPSA) is 47.3 Å². The Kier molecular flexibility index (Phi) is 2.33. The number of hydrogen-bond acceptors (Lipinski definition) is 3. The zero-order valence-electron chi connectivity index (χ0n) is 7.57. The summed E-state index contributed by atoms with van der Waals surface area (Å²) in [6, 6.07) is 3.75. The predicted octanol–water partition coefficient (Wildman–Crippen LogP) is 1.62. The Morgan fingerprint density at radius 2 is 2.43 bits per heavy atom. The highest BCUT2D eigenvalue weighted by atomic mass is 79.9. The summed E-state index contributed by atoms with van der Waals surface area (Å²) in [5.74, 6) is 0.626. The Hall–Kier alpha value is -1.23. The van der Waals surface area contributed by atoms with Crippen LogP contribution in [0.1, 0.15) is 12.7 Å². The quantitative estimate of drug-likeness (QED) is 0.818. The van der Waals surface area contributed by atoms with Crippen molar-refractivity contribution < 1.29 is 4.79 Å². The van der Waals surface area contributed by atoms with Crippen LogP contribution < -0.4 is 0 Å². The molecule has 0 saturated carbocycles. The van der Waals surface area contributed by atoms with Crippen LogP contribution in [0, 0.1) is 0 Å². The van der Waals surface area contributed by atoms with E-state index in [1.165, 1.54) is 6.92 Å². The zero-order chi connectivity index (χ0) is 10.1. The Morgan fingerprint density at radius 3 is 3.07 bits per heavy atom. The number of carbonyl (C=O) groups excluding carboxylic acids is 1. The van der Waals surface area contributed by atoms with Crippen LogP contribution in [0.4, 0.5) is 0 Å². The third-order valence-corrected chi connectivity index (χ3v) is 2.38. The molecular formula is C9H8BrN3O. The van der Waals surface area contributed by atoms with Gasteiger partial charge in [0.25, 0.3) is 0 Å². The second-order valence-electron chi connectivity index (χ2n) is 3.03. The number of aromatic nitrogens is 3. The molecule has 2 heterocycles. The van der Waals surface area contributed by atoms with Crippen molar-refractivity contribution in [3.05, 3.63) is 28.6 Å². The van der Waals surface area contributed by atoms with Crippen molar-refractivity contribution in [3.8, 4) is 0 Å². The number of hydrogen-bond donors (Lipinski definition) is 0. The molecule has 0 bridgehead atoms. The van der Waals surface area contributed by atoms with Crippen molar-refractivity contribution in [3.63, 3.8) is 0 Å². The molecule has 0 aliphatic heterocycles. The standard InChI is InChI=1S/C9H8BrN3O/c1-6(14)5-8-11-9-7(10)3-2-4-13(9)12-8/h2-4H,5H2,1H3. The molecule has 5 heteroatoms. The van der Waals surface area contributed by atoms with Gasteiger partial charge in [-0.25, -0.2) is 9.50 Å². The van der Waals surface area contributed by atoms with Crippen molar-refractivity contribution in [1.82, 2.24) is 14.6 Å². The second kappa shape index (κ2) is 3.49. The van der Waals surface area contributed by atoms with Gasteiger partial charge in [0.1, 0.15) is 5.78 Å². The molecule has 0 N–H and O–H groups in total. The van der Waals surface area contributed by atoms with E-state index in [1.54, 1.807) is 10.7 Å². The summed E-state index contributed by atoms with van der Waals surface area (Å²) in [5, 5.41) is 4.17. The van der Waals surface area contributed by atoms with Gasteiger partial charge in [0.2, 0.25) is 0 Å². The van der Waals surface area contributed by atoms with Gasteiger partial charge in [-0.15, -0.1) is 0 Å². The van der Waals surface area contributed by atoms with Crippen molar-refractivity contribution >= 4 is 27.4 Å². The molecule has 14 heavy (non-hydrogen) atoms. The van der Waals surface area contributed by atoms with Crippen LogP contribution in [0.15, 0.2) is 22.8 Å². The van der Waals surface area contributed by atoms with E-state index in [0.717, 1.165) is 10.1 Å². The number of nitrogens with zero attached hydrogens (tertiary/aromatic N) is 3. The Labute approximate surface area is 89.1 Å². The fourth-order valence-electron chi connectivity index (χ4n) is 1.22. The van der Waals surface area contributed by atoms with Crippen LogP contribution in [0.2, 0.25) is 0 Å². The molecule has 0 unspecified atom stereocenters. The summed E-state index contributed by atoms with van der Waals surface area (Å²) in [7, 11) is 0. The van der Waals surface area contributed by atoms with Crippen LogP contribution in [0.3, 0.4) is 0 Å². The van der Waals surface area contributed by atoms with Crippen molar-refractivity contribution in [2.24, 2.45) is 0 Å². The average Bonchev–Trinajstić information content (AvgIpc) is 2.47. The van der Waals surface area contributed by atoms with E-state index in [-0.39, 0.29) is 12.2 Å². The Morgan fingerprint density at radius 1 is 1.64 bits per heavy atom. The maximum atomic E-state index is 10.9. The lowest BCUT2D eigenvalue weighted by Crippen LogP contribution is -1.98. The normalized spacial score (nSPS) is 10.7. The zero-order valence-corrected chi connectivity index (χ0v) is 9.15. The number of halogens is 1. The summed E-state index contributed by atoms with van der Waals surface area (Å²) in [6.45, 7) is 1.53. The molecule has 2 aromatic rings. The van der Waals surface area contributed by atoms with Gasteiger partial charge in [0.05, 0.1) is 10.9 Å². The lowest BCUT2D eigenvalue weighted by Gasteiger charge is -1.90. The average molecular weight is 254 g/mol. The molecular weight excluding hydrogens is 246 g/mol. The molecule has 0 spiro atoms. The van der Waals surface area contributed by atoms with Crippen LogP contribution in [-0.4, -0.2) is 20.4 Å². The molecule has 0 aliphatic carbocycles. The highest BCUT2D eigenvalue weighted by Crippen LogP contribution is 2.15. The number of carbonyl (C=O) groups is 1. The van der Waals surface area contributed by atoms with E-state index in [9.17, 15) is 4.79 Å². The van der Waals surface area contributed by atoms with Crippen molar-refractivity contribution in [2.75, 3.05) is 0 Å². The third kappa shape index (κ3) is 1.68. The fraction of sp³-hybridized carbons (Fsp3) is 0.222. The molecule has 2 rings (SSSR count). The second-order valence-corrected chi connectivity index (χ2v) is 3.89. The molecule has 4 nitrogen and oxygen atoms in total. The van der Waals surface area contributed by atoms with E-state index in [2.05, 4.69) is 26.0 Å². The maximum Gasteiger partial charge on any atom is 0.169 e. The highest BCUT2D eigenvalue weighted by molar-refractivity contribution is 9.10. The number of pyridine rings is 1. The van der Waals surface area contributed by atoms with Crippen LogP contribution in [0.5, 0.6) is 0 Å². The van der Waals surface area contributed by atoms with E-state index >= 15 is 0 Å². The van der Waals surface area contributed by atoms with Gasteiger partial charge in [0.15, 0.2) is 11.5 Å². The number of rotatable bonds is 2. The van der Waals surface area contributed by atoms with Gasteiger partial charge in [0, 0.05) is 6.20 Å². The number of Topliss-reactive ketones (excluding diaryl/α,β-unsaturated/α-hetero) is 1. The van der Waals surface area contributed by atoms with Gasteiger partial charge in [-0.2, -0.15) is 5.10 Å². The van der Waals surface area contributed by atoms with Gasteiger partial charge in [-0.1, -0.05) is 0 Å². The predicted molar refractivity (Wildman–Crippen MR) is 55.1 cm³/mol. The SMILES string of the molecule is CC(=O)Cc1nc2c(Br)cccn2n1. The molecule has 0 atom stereocenters. The highest BCUT2D eigenvalue weighted by Gasteiger charge is 2.07. The molecule has 2 aromatic heterocycles. The number of ketones is 1. The van der Waals surface area contributed by atoms with Gasteiger partial charge in [-0.3, -0.25) is 4.79 Å². The van der Waals surface area contributed by atoms with E-state index in [1.807, 2.05) is 12.1 Å². The summed E-state index contributed by atoms with van der Waals surface area (Å²) in [6.07, 6.45) is 2.09. The van der Waals surface area contributed by atoms with Crippen LogP contribution in [0.25, 0.3) is 5.65 Å². The van der Waals surface area contributed by atoms with Crippen molar-refractivity contribution in [2.45, 2.75) is 13.3 Å². The molecule has 72 valence electrons. The fourth-order valence-corrected chi connectivity index (χ4v) is 1.64. The van der Waals surface area contributed by atoms with Gasteiger partial charge < -0.3 is 0 Å². The minimum absolute atomic E-state index is 0.0667. The third-order valence-electron chi connectivity index (χ3n) is 1.77. The Balaban J connectivity index is 2.51. The maximum absolute atomic E-state index is 10.9. The first kappa shape index (κ1) is 9.33. The summed E-state index contributed by atoms with van der Waals surface area (Å²) >= 11 is 3.37. The minimum atomic E-state index is 0.0667. The first-order chi connectivity index (χ1) is 6.66. The molecule has 0 aliphatic rings. The monoisotopic (exact) mass is 253 g/mol. The smallest absolute Gasteiger partial charge is 0.169 e. The van der Waals surface area contributed by atoms with Gasteiger partial charge in [-0.05, 0) is 35.0 Å². The largest absolute Gasteiger partial charge is 0.300 e. The first-order valence-electron chi connectivity index (χ1n) is 4.16. The Bertz CT molecular complexity index is 492. The summed E-state index contributed by atoms with van der Waals surface area (Å²) in [4.78, 5) is 15.1. The molecule has 0 fully saturated rings. The summed E-state index contributed by atoms with van der Waals surface area (Å²) in [5.41, 5.74) is 0.740. The summed E-state index contributed by atoms with van der Waals surface area (Å²) < 4.78 is 2.53. The van der Waals surface area contributed by atoms with Gasteiger partial charge >= 0.3 is 0 Å². The lowest BCUT2D eigenvalue weighted by molar-refractivity contribution is -0.116. The molecule has 0 radical (unpaired) electrons. The van der Waals surface area contributed by atoms with Crippen molar-refractivity contribution in [1.29, 1.82) is 0 Å². The minimum Gasteiger partial charge on any atom is -0.300 e. The van der Waals surface area contributed by atoms with E-state index in [4.69, 9.17) is 0 Å². The number of fused-ring (bicyclic) bond motifs is 1. The first-order valence-corrected chi connectivity index (χ1v) is 4.95. The molecule has 0 amide bonds. The lowest BCUT2D eigenvalue weighted by atomic mass is 10.3. The van der Waals surface area contributed by atoms with E-state index in [0.29, 0.717) is 5.82 Å². The van der Waals surface area contributed by atoms with Crippen LogP contribution in [-0.2, 0) is 11.2 Å². The van der Waals surface area contributed by atoms with Crippen LogP contribution >= 0.6 is 15.9 Å². The van der Waals surface area contributed by atoms with E-state index < -0.39 is 0 Å². The molecule has 0 aromatic carbocycles.